The summed E-state index contributed by atoms with van der Waals surface area (Å²) < 4.78 is 40.1. The highest BCUT2D eigenvalue weighted by Gasteiger charge is 2.28. The van der Waals surface area contributed by atoms with Crippen LogP contribution in [0.5, 0.6) is 5.75 Å². The summed E-state index contributed by atoms with van der Waals surface area (Å²) in [4.78, 5) is 14.1. The molecule has 1 aromatic rings. The van der Waals surface area contributed by atoms with E-state index < -0.39 is 12.8 Å². The van der Waals surface area contributed by atoms with Crippen molar-refractivity contribution < 1.29 is 22.7 Å². The molecule has 3 nitrogen and oxygen atoms in total. The monoisotopic (exact) mass is 219 g/mol. The van der Waals surface area contributed by atoms with E-state index in [1.54, 1.807) is 0 Å². The minimum Gasteiger partial charge on any atom is -0.484 e. The van der Waals surface area contributed by atoms with Crippen LogP contribution >= 0.6 is 0 Å². The van der Waals surface area contributed by atoms with Gasteiger partial charge in [-0.25, -0.2) is 0 Å². The van der Waals surface area contributed by atoms with E-state index in [1.807, 2.05) is 0 Å². The first-order valence-corrected chi connectivity index (χ1v) is 4.04. The van der Waals surface area contributed by atoms with Gasteiger partial charge in [-0.2, -0.15) is 13.2 Å². The summed E-state index contributed by atoms with van der Waals surface area (Å²) >= 11 is 0. The number of carbonyl (C=O) groups is 1. The van der Waals surface area contributed by atoms with Crippen molar-refractivity contribution in [3.05, 3.63) is 23.5 Å². The second kappa shape index (κ2) is 4.29. The fraction of sp³-hybridized carbons (Fsp3) is 0.333. The van der Waals surface area contributed by atoms with E-state index in [2.05, 4.69) is 9.72 Å². The molecule has 6 heteroatoms. The van der Waals surface area contributed by atoms with Crippen LogP contribution in [0.3, 0.4) is 0 Å². The Bertz CT molecular complexity index is 363. The predicted octanol–water partition coefficient (Wildman–Crippen LogP) is 2.14. The number of hydrogen-bond acceptors (Lipinski definition) is 3. The van der Waals surface area contributed by atoms with Crippen molar-refractivity contribution in [2.45, 2.75) is 13.1 Å². The van der Waals surface area contributed by atoms with Gasteiger partial charge >= 0.3 is 6.18 Å². The quantitative estimate of drug-likeness (QED) is 0.731. The molecule has 0 unspecified atom stereocenters. The molecule has 1 heterocycles. The van der Waals surface area contributed by atoms with E-state index in [-0.39, 0.29) is 11.4 Å². The van der Waals surface area contributed by atoms with Crippen molar-refractivity contribution in [3.63, 3.8) is 0 Å². The van der Waals surface area contributed by atoms with Gasteiger partial charge in [0.15, 0.2) is 12.9 Å². The Hall–Kier alpha value is -1.59. The lowest BCUT2D eigenvalue weighted by molar-refractivity contribution is -0.153. The van der Waals surface area contributed by atoms with Crippen LogP contribution in [-0.2, 0) is 0 Å². The van der Waals surface area contributed by atoms with Gasteiger partial charge in [0, 0.05) is 11.8 Å². The summed E-state index contributed by atoms with van der Waals surface area (Å²) in [6.45, 7) is 0.0958. The van der Waals surface area contributed by atoms with Gasteiger partial charge in [0.1, 0.15) is 11.4 Å². The van der Waals surface area contributed by atoms with Gasteiger partial charge < -0.3 is 4.74 Å². The van der Waals surface area contributed by atoms with E-state index in [9.17, 15) is 18.0 Å². The van der Waals surface area contributed by atoms with Gasteiger partial charge in [-0.3, -0.25) is 9.78 Å². The lowest BCUT2D eigenvalue weighted by Crippen LogP contribution is -2.19. The number of nitrogens with zero attached hydrogens (tertiary/aromatic N) is 1. The molecule has 1 rings (SSSR count). The molecule has 0 spiro atoms. The van der Waals surface area contributed by atoms with Crippen molar-refractivity contribution in [1.29, 1.82) is 0 Å². The molecular weight excluding hydrogens is 211 g/mol. The Morgan fingerprint density at radius 3 is 2.73 bits per heavy atom. The molecule has 82 valence electrons. The molecule has 0 N–H and O–H groups in total. The Morgan fingerprint density at radius 1 is 1.53 bits per heavy atom. The second-order valence-corrected chi connectivity index (χ2v) is 2.84. The summed E-state index contributed by atoms with van der Waals surface area (Å²) in [5.41, 5.74) is 0.381. The zero-order valence-electron chi connectivity index (χ0n) is 7.84. The first-order valence-electron chi connectivity index (χ1n) is 4.04. The highest BCUT2D eigenvalue weighted by Crippen LogP contribution is 2.22. The number of carbonyl (C=O) groups excluding carboxylic acids is 1. The molecule has 0 aromatic carbocycles. The van der Waals surface area contributed by atoms with Gasteiger partial charge in [-0.1, -0.05) is 0 Å². The molecule has 0 aliphatic heterocycles. The van der Waals surface area contributed by atoms with Crippen molar-refractivity contribution in [2.24, 2.45) is 0 Å². The van der Waals surface area contributed by atoms with Crippen LogP contribution < -0.4 is 4.74 Å². The largest absolute Gasteiger partial charge is 0.484 e. The Balaban J connectivity index is 2.82. The molecule has 0 amide bonds. The van der Waals surface area contributed by atoms with Crippen molar-refractivity contribution >= 4 is 6.29 Å². The van der Waals surface area contributed by atoms with Crippen LogP contribution in [0, 0.1) is 6.92 Å². The smallest absolute Gasteiger partial charge is 0.422 e. The average Bonchev–Trinajstić information content (AvgIpc) is 2.15. The van der Waals surface area contributed by atoms with E-state index in [0.29, 0.717) is 11.8 Å². The normalized spacial score (nSPS) is 11.2. The number of hydrogen-bond donors (Lipinski definition) is 0. The van der Waals surface area contributed by atoms with Crippen LogP contribution in [0.4, 0.5) is 13.2 Å². The topological polar surface area (TPSA) is 39.2 Å². The maximum Gasteiger partial charge on any atom is 0.422 e. The van der Waals surface area contributed by atoms with Gasteiger partial charge in [0.2, 0.25) is 0 Å². The van der Waals surface area contributed by atoms with Crippen molar-refractivity contribution in [1.82, 2.24) is 4.98 Å². The standard InChI is InChI=1S/C9H8F3NO2/c1-6-7(4-14)13-3-2-8(6)15-5-9(10,11)12/h2-4H,5H2,1H3. The zero-order chi connectivity index (χ0) is 11.5. The number of rotatable bonds is 3. The number of pyridine rings is 1. The van der Waals surface area contributed by atoms with Crippen LogP contribution in [0.1, 0.15) is 16.1 Å². The predicted molar refractivity (Wildman–Crippen MR) is 45.9 cm³/mol. The third-order valence-corrected chi connectivity index (χ3v) is 1.70. The molecule has 0 aliphatic carbocycles. The lowest BCUT2D eigenvalue weighted by Gasteiger charge is -2.11. The molecule has 1 aromatic heterocycles. The van der Waals surface area contributed by atoms with E-state index in [1.165, 1.54) is 19.2 Å². The average molecular weight is 219 g/mol. The van der Waals surface area contributed by atoms with Crippen molar-refractivity contribution in [2.75, 3.05) is 6.61 Å². The fourth-order valence-corrected chi connectivity index (χ4v) is 0.968. The second-order valence-electron chi connectivity index (χ2n) is 2.84. The van der Waals surface area contributed by atoms with Crippen LogP contribution in [0.15, 0.2) is 12.3 Å². The van der Waals surface area contributed by atoms with Crippen LogP contribution in [-0.4, -0.2) is 24.1 Å². The number of aromatic nitrogens is 1. The highest BCUT2D eigenvalue weighted by molar-refractivity contribution is 5.75. The SMILES string of the molecule is Cc1c(OCC(F)(F)F)ccnc1C=O. The van der Waals surface area contributed by atoms with Crippen LogP contribution in [0.25, 0.3) is 0 Å². The number of halogens is 3. The molecule has 0 saturated heterocycles. The summed E-state index contributed by atoms with van der Waals surface area (Å²) in [5.74, 6) is 0.0180. The van der Waals surface area contributed by atoms with Crippen LogP contribution in [0.2, 0.25) is 0 Å². The number of ether oxygens (including phenoxy) is 1. The molecule has 0 fully saturated rings. The number of aldehydes is 1. The summed E-state index contributed by atoms with van der Waals surface area (Å²) in [7, 11) is 0. The summed E-state index contributed by atoms with van der Waals surface area (Å²) in [6.07, 6.45) is -2.70. The fourth-order valence-electron chi connectivity index (χ4n) is 0.968. The van der Waals surface area contributed by atoms with Gasteiger partial charge in [0.05, 0.1) is 0 Å². The minimum absolute atomic E-state index is 0.0180. The first-order chi connectivity index (χ1) is 6.94. The van der Waals surface area contributed by atoms with Gasteiger partial charge in [-0.15, -0.1) is 0 Å². The minimum atomic E-state index is -4.39. The van der Waals surface area contributed by atoms with E-state index in [0.717, 1.165) is 0 Å². The van der Waals surface area contributed by atoms with E-state index >= 15 is 0 Å². The van der Waals surface area contributed by atoms with E-state index in [4.69, 9.17) is 0 Å². The van der Waals surface area contributed by atoms with Crippen molar-refractivity contribution in [3.8, 4) is 5.75 Å². The first kappa shape index (κ1) is 11.5. The molecule has 15 heavy (non-hydrogen) atoms. The number of alkyl halides is 3. The third kappa shape index (κ3) is 3.23. The van der Waals surface area contributed by atoms with Gasteiger partial charge in [-0.05, 0) is 13.0 Å². The Labute approximate surface area is 83.9 Å². The Morgan fingerprint density at radius 2 is 2.20 bits per heavy atom. The summed E-state index contributed by atoms with van der Waals surface area (Å²) in [6, 6.07) is 1.29. The molecule has 0 bridgehead atoms. The molecule has 0 radical (unpaired) electrons. The molecule has 0 atom stereocenters. The van der Waals surface area contributed by atoms with Gasteiger partial charge in [0.25, 0.3) is 0 Å². The lowest BCUT2D eigenvalue weighted by atomic mass is 10.2. The maximum atomic E-state index is 11.8. The summed E-state index contributed by atoms with van der Waals surface area (Å²) in [5, 5.41) is 0. The maximum absolute atomic E-state index is 11.8. The molecular formula is C9H8F3NO2. The Kier molecular flexibility index (Phi) is 3.28. The molecule has 0 saturated carbocycles. The highest BCUT2D eigenvalue weighted by atomic mass is 19.4. The molecule has 0 aliphatic rings. The zero-order valence-corrected chi connectivity index (χ0v) is 7.84. The third-order valence-electron chi connectivity index (χ3n) is 1.70.